The molecule has 5 nitrogen and oxygen atoms in total. The van der Waals surface area contributed by atoms with Gasteiger partial charge in [-0.1, -0.05) is 12.1 Å². The highest BCUT2D eigenvalue weighted by Gasteiger charge is 2.17. The molecule has 1 unspecified atom stereocenters. The van der Waals surface area contributed by atoms with Gasteiger partial charge in [-0.15, -0.1) is 0 Å². The largest absolute Gasteiger partial charge is 0.393 e. The number of rotatable bonds is 6. The molecule has 0 aliphatic rings. The van der Waals surface area contributed by atoms with Crippen molar-refractivity contribution >= 4 is 0 Å². The summed E-state index contributed by atoms with van der Waals surface area (Å²) in [5.74, 6) is 0. The Balaban J connectivity index is 1.89. The van der Waals surface area contributed by atoms with Gasteiger partial charge >= 0.3 is 0 Å². The van der Waals surface area contributed by atoms with Gasteiger partial charge in [-0.25, -0.2) is 4.68 Å². The van der Waals surface area contributed by atoms with Crippen molar-refractivity contribution < 1.29 is 10.2 Å². The molecule has 3 N–H and O–H groups in total. The van der Waals surface area contributed by atoms with Crippen molar-refractivity contribution in [2.24, 2.45) is 0 Å². The van der Waals surface area contributed by atoms with Crippen LogP contribution in [-0.4, -0.2) is 38.7 Å². The molecule has 1 aromatic carbocycles. The van der Waals surface area contributed by atoms with Gasteiger partial charge < -0.3 is 15.5 Å². The van der Waals surface area contributed by atoms with Crippen molar-refractivity contribution in [3.8, 4) is 5.69 Å². The number of benzene rings is 1. The first kappa shape index (κ1) is 13.7. The van der Waals surface area contributed by atoms with E-state index >= 15 is 0 Å². The van der Waals surface area contributed by atoms with Gasteiger partial charge in [0.25, 0.3) is 0 Å². The molecule has 0 saturated carbocycles. The number of aliphatic hydroxyl groups excluding tert-OH is 1. The molecule has 102 valence electrons. The molecule has 1 aromatic heterocycles. The summed E-state index contributed by atoms with van der Waals surface area (Å²) < 4.78 is 1.80. The van der Waals surface area contributed by atoms with E-state index in [0.717, 1.165) is 11.3 Å². The van der Waals surface area contributed by atoms with Crippen LogP contribution in [0.2, 0.25) is 0 Å². The van der Waals surface area contributed by atoms with E-state index in [1.165, 1.54) is 0 Å². The Kier molecular flexibility index (Phi) is 4.31. The summed E-state index contributed by atoms with van der Waals surface area (Å²) in [5, 5.41) is 25.9. The van der Waals surface area contributed by atoms with Crippen molar-refractivity contribution in [1.29, 1.82) is 0 Å². The van der Waals surface area contributed by atoms with Gasteiger partial charge in [-0.3, -0.25) is 0 Å². The van der Waals surface area contributed by atoms with Crippen LogP contribution in [0.3, 0.4) is 0 Å². The Morgan fingerprint density at radius 3 is 2.63 bits per heavy atom. The molecule has 1 heterocycles. The summed E-state index contributed by atoms with van der Waals surface area (Å²) in [6.07, 6.45) is 3.64. The SMILES string of the molecule is CC(O)(CO)CNCc1ccc(-n2cccn2)cc1. The smallest absolute Gasteiger partial charge is 0.0972 e. The van der Waals surface area contributed by atoms with Crippen molar-refractivity contribution in [3.63, 3.8) is 0 Å². The third-order valence-electron chi connectivity index (χ3n) is 2.88. The zero-order valence-electron chi connectivity index (χ0n) is 11.0. The molecule has 1 atom stereocenters. The maximum atomic E-state index is 9.65. The third-order valence-corrected chi connectivity index (χ3v) is 2.88. The lowest BCUT2D eigenvalue weighted by molar-refractivity contribution is 0.00254. The van der Waals surface area contributed by atoms with E-state index in [-0.39, 0.29) is 6.61 Å². The van der Waals surface area contributed by atoms with E-state index in [9.17, 15) is 5.11 Å². The van der Waals surface area contributed by atoms with Crippen molar-refractivity contribution in [1.82, 2.24) is 15.1 Å². The van der Waals surface area contributed by atoms with E-state index in [2.05, 4.69) is 10.4 Å². The highest BCUT2D eigenvalue weighted by molar-refractivity contribution is 5.33. The Morgan fingerprint density at radius 1 is 1.32 bits per heavy atom. The molecule has 2 aromatic rings. The van der Waals surface area contributed by atoms with Crippen molar-refractivity contribution in [2.45, 2.75) is 19.1 Å². The monoisotopic (exact) mass is 261 g/mol. The van der Waals surface area contributed by atoms with E-state index in [4.69, 9.17) is 5.11 Å². The van der Waals surface area contributed by atoms with Crippen LogP contribution in [0.5, 0.6) is 0 Å². The average Bonchev–Trinajstić information content (AvgIpc) is 2.93. The minimum absolute atomic E-state index is 0.252. The molecular weight excluding hydrogens is 242 g/mol. The molecule has 0 radical (unpaired) electrons. The quantitative estimate of drug-likeness (QED) is 0.716. The lowest BCUT2D eigenvalue weighted by Crippen LogP contribution is -2.40. The average molecular weight is 261 g/mol. The first-order valence-corrected chi connectivity index (χ1v) is 6.24. The predicted molar refractivity (Wildman–Crippen MR) is 73.0 cm³/mol. The summed E-state index contributed by atoms with van der Waals surface area (Å²) in [7, 11) is 0. The number of nitrogens with zero attached hydrogens (tertiary/aromatic N) is 2. The van der Waals surface area contributed by atoms with Crippen LogP contribution in [0.25, 0.3) is 5.69 Å². The number of hydrogen-bond acceptors (Lipinski definition) is 4. The fourth-order valence-electron chi connectivity index (χ4n) is 1.72. The summed E-state index contributed by atoms with van der Waals surface area (Å²) in [6, 6.07) is 9.89. The molecule has 2 rings (SSSR count). The predicted octanol–water partition coefficient (Wildman–Crippen LogP) is 0.705. The van der Waals surface area contributed by atoms with Gasteiger partial charge in [-0.2, -0.15) is 5.10 Å². The summed E-state index contributed by atoms with van der Waals surface area (Å²) in [6.45, 7) is 2.35. The van der Waals surface area contributed by atoms with Crippen LogP contribution in [0.4, 0.5) is 0 Å². The Morgan fingerprint density at radius 2 is 2.05 bits per heavy atom. The van der Waals surface area contributed by atoms with Crippen molar-refractivity contribution in [2.75, 3.05) is 13.2 Å². The minimum atomic E-state index is -1.07. The van der Waals surface area contributed by atoms with Gasteiger partial charge in [0.05, 0.1) is 17.9 Å². The van der Waals surface area contributed by atoms with Crippen LogP contribution in [0.1, 0.15) is 12.5 Å². The molecule has 0 bridgehead atoms. The van der Waals surface area contributed by atoms with E-state index in [0.29, 0.717) is 13.1 Å². The molecule has 0 amide bonds. The van der Waals surface area contributed by atoms with E-state index in [1.807, 2.05) is 36.5 Å². The topological polar surface area (TPSA) is 70.3 Å². The van der Waals surface area contributed by atoms with E-state index < -0.39 is 5.60 Å². The van der Waals surface area contributed by atoms with E-state index in [1.54, 1.807) is 17.8 Å². The molecule has 5 heteroatoms. The van der Waals surface area contributed by atoms with Gasteiger partial charge in [0.1, 0.15) is 0 Å². The van der Waals surface area contributed by atoms with Crippen LogP contribution in [-0.2, 0) is 6.54 Å². The Labute approximate surface area is 112 Å². The fourth-order valence-corrected chi connectivity index (χ4v) is 1.72. The number of aliphatic hydroxyl groups is 2. The molecule has 0 fully saturated rings. The zero-order chi connectivity index (χ0) is 13.7. The number of aromatic nitrogens is 2. The Bertz CT molecular complexity index is 492. The van der Waals surface area contributed by atoms with Crippen molar-refractivity contribution in [3.05, 3.63) is 48.3 Å². The second kappa shape index (κ2) is 5.97. The van der Waals surface area contributed by atoms with Crippen LogP contribution < -0.4 is 5.32 Å². The molecule has 0 saturated heterocycles. The Hall–Kier alpha value is -1.69. The maximum absolute atomic E-state index is 9.65. The first-order chi connectivity index (χ1) is 9.11. The standard InChI is InChI=1S/C14H19N3O2/c1-14(19,11-18)10-15-9-12-3-5-13(6-4-12)17-8-2-7-16-17/h2-8,15,18-19H,9-11H2,1H3. The normalized spacial score (nSPS) is 14.3. The summed E-state index contributed by atoms with van der Waals surface area (Å²) >= 11 is 0. The molecular formula is C14H19N3O2. The van der Waals surface area contributed by atoms with Crippen LogP contribution in [0, 0.1) is 0 Å². The summed E-state index contributed by atoms with van der Waals surface area (Å²) in [4.78, 5) is 0. The van der Waals surface area contributed by atoms with Gasteiger partial charge in [0.15, 0.2) is 0 Å². The number of hydrogen-bond donors (Lipinski definition) is 3. The fraction of sp³-hybridized carbons (Fsp3) is 0.357. The highest BCUT2D eigenvalue weighted by atomic mass is 16.3. The van der Waals surface area contributed by atoms with Gasteiger partial charge in [-0.05, 0) is 30.7 Å². The zero-order valence-corrected chi connectivity index (χ0v) is 11.0. The minimum Gasteiger partial charge on any atom is -0.393 e. The third kappa shape index (κ3) is 3.89. The molecule has 0 spiro atoms. The highest BCUT2D eigenvalue weighted by Crippen LogP contribution is 2.08. The lowest BCUT2D eigenvalue weighted by atomic mass is 10.1. The lowest BCUT2D eigenvalue weighted by Gasteiger charge is -2.20. The summed E-state index contributed by atoms with van der Waals surface area (Å²) in [5.41, 5.74) is 1.05. The van der Waals surface area contributed by atoms with Gasteiger partial charge in [0.2, 0.25) is 0 Å². The first-order valence-electron chi connectivity index (χ1n) is 6.24. The second-order valence-electron chi connectivity index (χ2n) is 4.88. The number of nitrogens with one attached hydrogen (secondary N) is 1. The molecule has 0 aliphatic carbocycles. The van der Waals surface area contributed by atoms with Crippen LogP contribution >= 0.6 is 0 Å². The second-order valence-corrected chi connectivity index (χ2v) is 4.88. The maximum Gasteiger partial charge on any atom is 0.0972 e. The van der Waals surface area contributed by atoms with Crippen LogP contribution in [0.15, 0.2) is 42.7 Å². The molecule has 0 aliphatic heterocycles. The van der Waals surface area contributed by atoms with Gasteiger partial charge in [0, 0.05) is 25.5 Å². The molecule has 19 heavy (non-hydrogen) atoms.